The van der Waals surface area contributed by atoms with Crippen LogP contribution in [0.3, 0.4) is 0 Å². The van der Waals surface area contributed by atoms with Crippen LogP contribution in [0.4, 0.5) is 0 Å². The monoisotopic (exact) mass is 208 g/mol. The van der Waals surface area contributed by atoms with Gasteiger partial charge >= 0.3 is 0 Å². The lowest BCUT2D eigenvalue weighted by Crippen LogP contribution is -2.23. The highest BCUT2D eigenvalue weighted by Crippen LogP contribution is 2.34. The second-order valence-corrected chi connectivity index (χ2v) is 4.64. The second-order valence-electron chi connectivity index (χ2n) is 4.64. The fourth-order valence-electron chi connectivity index (χ4n) is 2.05. The molecule has 0 fully saturated rings. The number of hydrogen-bond acceptors (Lipinski definition) is 2. The molecule has 0 aromatic heterocycles. The Hall–Kier alpha value is -1.02. The van der Waals surface area contributed by atoms with E-state index in [1.165, 1.54) is 0 Å². The Morgan fingerprint density at radius 1 is 1.33 bits per heavy atom. The minimum Gasteiger partial charge on any atom is -0.496 e. The first-order valence-corrected chi connectivity index (χ1v) is 5.29. The van der Waals surface area contributed by atoms with E-state index in [2.05, 4.69) is 19.9 Å². The van der Waals surface area contributed by atoms with E-state index in [-0.39, 0.29) is 11.5 Å². The van der Waals surface area contributed by atoms with E-state index in [0.29, 0.717) is 0 Å². The first-order valence-electron chi connectivity index (χ1n) is 5.29. The van der Waals surface area contributed by atoms with Gasteiger partial charge in [-0.15, -0.1) is 0 Å². The molecule has 0 spiro atoms. The maximum atomic E-state index is 9.47. The van der Waals surface area contributed by atoms with Gasteiger partial charge in [-0.3, -0.25) is 0 Å². The van der Waals surface area contributed by atoms with Crippen molar-refractivity contribution in [3.63, 3.8) is 0 Å². The number of para-hydroxylation sites is 1. The van der Waals surface area contributed by atoms with Crippen molar-refractivity contribution >= 4 is 0 Å². The molecule has 0 saturated heterocycles. The highest BCUT2D eigenvalue weighted by molar-refractivity contribution is 5.38. The lowest BCUT2D eigenvalue weighted by atomic mass is 9.79. The summed E-state index contributed by atoms with van der Waals surface area (Å²) < 4.78 is 5.33. The largest absolute Gasteiger partial charge is 0.496 e. The van der Waals surface area contributed by atoms with Gasteiger partial charge in [0.15, 0.2) is 0 Å². The topological polar surface area (TPSA) is 29.5 Å². The van der Waals surface area contributed by atoms with Crippen molar-refractivity contribution in [2.45, 2.75) is 38.7 Å². The summed E-state index contributed by atoms with van der Waals surface area (Å²) in [5, 5.41) is 9.47. The molecule has 1 N–H and O–H groups in total. The summed E-state index contributed by atoms with van der Waals surface area (Å²) in [5.41, 5.74) is 1.08. The molecule has 2 nitrogen and oxygen atoms in total. The molecule has 0 bridgehead atoms. The summed E-state index contributed by atoms with van der Waals surface area (Å²) in [6, 6.07) is 7.97. The zero-order valence-corrected chi connectivity index (χ0v) is 9.95. The van der Waals surface area contributed by atoms with Gasteiger partial charge in [-0.2, -0.15) is 0 Å². The maximum Gasteiger partial charge on any atom is 0.122 e. The molecule has 1 aromatic rings. The highest BCUT2D eigenvalue weighted by Gasteiger charge is 2.25. The average molecular weight is 208 g/mol. The maximum absolute atomic E-state index is 9.47. The minimum absolute atomic E-state index is 0.0687. The standard InChI is InChI=1S/C13H20O2/c1-10(14)9-13(2,3)11-7-5-6-8-12(11)15-4/h5-8,10,14H,9H2,1-4H3. The van der Waals surface area contributed by atoms with Gasteiger partial charge in [-0.25, -0.2) is 0 Å². The Kier molecular flexibility index (Phi) is 3.75. The van der Waals surface area contributed by atoms with Crippen molar-refractivity contribution < 1.29 is 9.84 Å². The number of aliphatic hydroxyl groups excluding tert-OH is 1. The summed E-state index contributed by atoms with van der Waals surface area (Å²) >= 11 is 0. The normalized spacial score (nSPS) is 13.7. The van der Waals surface area contributed by atoms with E-state index >= 15 is 0 Å². The highest BCUT2D eigenvalue weighted by atomic mass is 16.5. The molecule has 2 heteroatoms. The van der Waals surface area contributed by atoms with Crippen LogP contribution in [0, 0.1) is 0 Å². The number of rotatable bonds is 4. The molecule has 1 rings (SSSR count). The van der Waals surface area contributed by atoms with E-state index in [1.54, 1.807) is 7.11 Å². The minimum atomic E-state index is -0.301. The van der Waals surface area contributed by atoms with Crippen molar-refractivity contribution in [2.24, 2.45) is 0 Å². The fraction of sp³-hybridized carbons (Fsp3) is 0.538. The van der Waals surface area contributed by atoms with Crippen LogP contribution in [-0.2, 0) is 5.41 Å². The SMILES string of the molecule is COc1ccccc1C(C)(C)CC(C)O. The van der Waals surface area contributed by atoms with Crippen LogP contribution in [0.5, 0.6) is 5.75 Å². The van der Waals surface area contributed by atoms with E-state index in [4.69, 9.17) is 4.74 Å². The number of aliphatic hydroxyl groups is 1. The number of hydrogen-bond donors (Lipinski definition) is 1. The molecular formula is C13H20O2. The first kappa shape index (κ1) is 12.1. The fourth-order valence-corrected chi connectivity index (χ4v) is 2.05. The number of methoxy groups -OCH3 is 1. The van der Waals surface area contributed by atoms with Gasteiger partial charge in [-0.05, 0) is 30.4 Å². The van der Waals surface area contributed by atoms with Crippen molar-refractivity contribution in [3.05, 3.63) is 29.8 Å². The first-order chi connectivity index (χ1) is 6.97. The molecule has 1 atom stereocenters. The molecular weight excluding hydrogens is 188 g/mol. The van der Waals surface area contributed by atoms with Crippen LogP contribution in [-0.4, -0.2) is 18.3 Å². The zero-order valence-electron chi connectivity index (χ0n) is 9.95. The van der Waals surface area contributed by atoms with Crippen LogP contribution in [0.25, 0.3) is 0 Å². The van der Waals surface area contributed by atoms with Crippen molar-refractivity contribution in [2.75, 3.05) is 7.11 Å². The van der Waals surface area contributed by atoms with Crippen molar-refractivity contribution in [3.8, 4) is 5.75 Å². The Labute approximate surface area is 91.9 Å². The summed E-state index contributed by atoms with van der Waals surface area (Å²) in [5.74, 6) is 0.892. The van der Waals surface area contributed by atoms with Gasteiger partial charge in [0.25, 0.3) is 0 Å². The smallest absolute Gasteiger partial charge is 0.122 e. The molecule has 1 unspecified atom stereocenters. The Morgan fingerprint density at radius 3 is 2.47 bits per heavy atom. The molecule has 0 saturated carbocycles. The van der Waals surface area contributed by atoms with Gasteiger partial charge in [0.1, 0.15) is 5.75 Å². The quantitative estimate of drug-likeness (QED) is 0.824. The lowest BCUT2D eigenvalue weighted by Gasteiger charge is -2.28. The van der Waals surface area contributed by atoms with E-state index in [0.717, 1.165) is 17.7 Å². The summed E-state index contributed by atoms with van der Waals surface area (Å²) in [6.07, 6.45) is 0.429. The van der Waals surface area contributed by atoms with Gasteiger partial charge in [-0.1, -0.05) is 32.0 Å². The van der Waals surface area contributed by atoms with Gasteiger partial charge < -0.3 is 9.84 Å². The predicted molar refractivity (Wildman–Crippen MR) is 62.3 cm³/mol. The van der Waals surface area contributed by atoms with Gasteiger partial charge in [0, 0.05) is 0 Å². The molecule has 84 valence electrons. The third-order valence-corrected chi connectivity index (χ3v) is 2.64. The molecule has 0 aliphatic carbocycles. The van der Waals surface area contributed by atoms with Crippen LogP contribution < -0.4 is 4.74 Å². The third-order valence-electron chi connectivity index (χ3n) is 2.64. The van der Waals surface area contributed by atoms with Crippen molar-refractivity contribution in [1.29, 1.82) is 0 Å². The van der Waals surface area contributed by atoms with Crippen LogP contribution in [0.15, 0.2) is 24.3 Å². The van der Waals surface area contributed by atoms with E-state index in [1.807, 2.05) is 25.1 Å². The second kappa shape index (κ2) is 4.67. The van der Waals surface area contributed by atoms with E-state index in [9.17, 15) is 5.11 Å². The number of ether oxygens (including phenoxy) is 1. The summed E-state index contributed by atoms with van der Waals surface area (Å²) in [7, 11) is 1.68. The average Bonchev–Trinajstić information content (AvgIpc) is 2.16. The van der Waals surface area contributed by atoms with Crippen LogP contribution in [0.1, 0.15) is 32.8 Å². The Bertz CT molecular complexity index is 316. The van der Waals surface area contributed by atoms with E-state index < -0.39 is 0 Å². The predicted octanol–water partition coefficient (Wildman–Crippen LogP) is 2.74. The Balaban J connectivity index is 3.02. The lowest BCUT2D eigenvalue weighted by molar-refractivity contribution is 0.156. The zero-order chi connectivity index (χ0) is 11.5. The number of benzene rings is 1. The summed E-state index contributed by atoms with van der Waals surface area (Å²) in [4.78, 5) is 0. The molecule has 0 aliphatic rings. The molecule has 15 heavy (non-hydrogen) atoms. The van der Waals surface area contributed by atoms with Crippen LogP contribution in [0.2, 0.25) is 0 Å². The van der Waals surface area contributed by atoms with Gasteiger partial charge in [0.2, 0.25) is 0 Å². The van der Waals surface area contributed by atoms with Crippen LogP contribution >= 0.6 is 0 Å². The molecule has 1 aromatic carbocycles. The molecule has 0 aliphatic heterocycles. The molecule has 0 amide bonds. The molecule has 0 heterocycles. The third kappa shape index (κ3) is 2.96. The van der Waals surface area contributed by atoms with Crippen molar-refractivity contribution in [1.82, 2.24) is 0 Å². The molecule has 0 radical (unpaired) electrons. The van der Waals surface area contributed by atoms with Gasteiger partial charge in [0.05, 0.1) is 13.2 Å². The Morgan fingerprint density at radius 2 is 1.93 bits per heavy atom. The summed E-state index contributed by atoms with van der Waals surface area (Å²) in [6.45, 7) is 6.06.